The summed E-state index contributed by atoms with van der Waals surface area (Å²) in [5.41, 5.74) is -1.28. The van der Waals surface area contributed by atoms with Crippen molar-refractivity contribution in [2.75, 3.05) is 20.3 Å². The van der Waals surface area contributed by atoms with Gasteiger partial charge in [0.1, 0.15) is 12.1 Å². The fraction of sp³-hybridized carbons (Fsp3) is 0.900. The van der Waals surface area contributed by atoms with Gasteiger partial charge in [0.25, 0.3) is 0 Å². The Morgan fingerprint density at radius 3 is 2.18 bits per heavy atom. The Labute approximate surface area is 98.5 Å². The largest absolute Gasteiger partial charge is 0.468 e. The van der Waals surface area contributed by atoms with Gasteiger partial charge in [0.15, 0.2) is 0 Å². The van der Waals surface area contributed by atoms with Crippen LogP contribution in [0.3, 0.4) is 0 Å². The summed E-state index contributed by atoms with van der Waals surface area (Å²) in [6, 6.07) is -0.0893. The molecule has 0 spiro atoms. The molecule has 17 heavy (non-hydrogen) atoms. The van der Waals surface area contributed by atoms with E-state index >= 15 is 0 Å². The Kier molecular flexibility index (Phi) is 5.91. The maximum absolute atomic E-state index is 11.9. The number of halogens is 3. The average Bonchev–Trinajstić information content (AvgIpc) is 2.13. The lowest BCUT2D eigenvalue weighted by Gasteiger charge is -2.30. The Morgan fingerprint density at radius 2 is 1.82 bits per heavy atom. The number of rotatable bonds is 6. The molecular weight excluding hydrogens is 239 g/mol. The second kappa shape index (κ2) is 6.20. The first-order chi connectivity index (χ1) is 7.60. The van der Waals surface area contributed by atoms with Crippen molar-refractivity contribution in [1.82, 2.24) is 5.32 Å². The maximum Gasteiger partial charge on any atom is 0.411 e. The second-order valence-electron chi connectivity index (χ2n) is 4.23. The molecule has 0 rings (SSSR count). The number of carbonyl (C=O) groups is 1. The molecule has 0 aromatic rings. The molecule has 0 aliphatic heterocycles. The first-order valence-corrected chi connectivity index (χ1v) is 5.11. The van der Waals surface area contributed by atoms with E-state index in [0.29, 0.717) is 0 Å². The Morgan fingerprint density at radius 1 is 1.29 bits per heavy atom. The Hall–Kier alpha value is -0.820. The maximum atomic E-state index is 11.9. The number of esters is 1. The van der Waals surface area contributed by atoms with Gasteiger partial charge in [-0.2, -0.15) is 13.2 Å². The van der Waals surface area contributed by atoms with Crippen molar-refractivity contribution in [2.45, 2.75) is 38.5 Å². The third-order valence-corrected chi connectivity index (χ3v) is 1.90. The second-order valence-corrected chi connectivity index (χ2v) is 4.23. The molecule has 0 aromatic heterocycles. The van der Waals surface area contributed by atoms with E-state index in [4.69, 9.17) is 0 Å². The zero-order valence-corrected chi connectivity index (χ0v) is 10.4. The van der Waals surface area contributed by atoms with Crippen LogP contribution in [0.5, 0.6) is 0 Å². The quantitative estimate of drug-likeness (QED) is 0.732. The molecule has 7 heteroatoms. The molecule has 1 N–H and O–H groups in total. The minimum atomic E-state index is -4.41. The highest BCUT2D eigenvalue weighted by atomic mass is 19.4. The number of methoxy groups -OCH3 is 1. The summed E-state index contributed by atoms with van der Waals surface area (Å²) in [5, 5.41) is 2.83. The minimum Gasteiger partial charge on any atom is -0.468 e. The van der Waals surface area contributed by atoms with Crippen LogP contribution in [0.25, 0.3) is 0 Å². The van der Waals surface area contributed by atoms with Gasteiger partial charge in [-0.3, -0.25) is 5.32 Å². The van der Waals surface area contributed by atoms with Gasteiger partial charge in [0, 0.05) is 6.04 Å². The van der Waals surface area contributed by atoms with Crippen molar-refractivity contribution in [3.63, 3.8) is 0 Å². The van der Waals surface area contributed by atoms with Gasteiger partial charge in [0.2, 0.25) is 0 Å². The summed E-state index contributed by atoms with van der Waals surface area (Å²) >= 11 is 0. The zero-order valence-electron chi connectivity index (χ0n) is 10.4. The van der Waals surface area contributed by atoms with E-state index in [1.165, 1.54) is 14.0 Å². The molecule has 0 aromatic carbocycles. The normalized spacial score (nSPS) is 15.8. The predicted molar refractivity (Wildman–Crippen MR) is 55.6 cm³/mol. The third-order valence-electron chi connectivity index (χ3n) is 1.90. The minimum absolute atomic E-state index is 0.0893. The molecule has 0 fully saturated rings. The van der Waals surface area contributed by atoms with E-state index in [0.717, 1.165) is 0 Å². The van der Waals surface area contributed by atoms with Crippen LogP contribution in [-0.2, 0) is 14.3 Å². The smallest absolute Gasteiger partial charge is 0.411 e. The number of alkyl halides is 3. The SMILES string of the molecule is COC(=O)C(C)(COCC(F)(F)F)NC(C)C. The van der Waals surface area contributed by atoms with Gasteiger partial charge < -0.3 is 9.47 Å². The van der Waals surface area contributed by atoms with Gasteiger partial charge >= 0.3 is 12.1 Å². The van der Waals surface area contributed by atoms with Crippen LogP contribution in [0.1, 0.15) is 20.8 Å². The molecule has 0 bridgehead atoms. The summed E-state index contributed by atoms with van der Waals surface area (Å²) in [6.07, 6.45) is -4.41. The van der Waals surface area contributed by atoms with Crippen molar-refractivity contribution in [2.24, 2.45) is 0 Å². The topological polar surface area (TPSA) is 47.6 Å². The van der Waals surface area contributed by atoms with Crippen LogP contribution in [0, 0.1) is 0 Å². The lowest BCUT2D eigenvalue weighted by molar-refractivity contribution is -0.182. The molecule has 4 nitrogen and oxygen atoms in total. The number of hydrogen-bond acceptors (Lipinski definition) is 4. The Balaban J connectivity index is 4.45. The number of nitrogens with one attached hydrogen (secondary N) is 1. The highest BCUT2D eigenvalue weighted by molar-refractivity contribution is 5.80. The molecule has 0 amide bonds. The van der Waals surface area contributed by atoms with Crippen molar-refractivity contribution < 1.29 is 27.4 Å². The first kappa shape index (κ1) is 16.2. The molecule has 0 radical (unpaired) electrons. The molecule has 1 atom stereocenters. The van der Waals surface area contributed by atoms with Crippen LogP contribution >= 0.6 is 0 Å². The molecule has 0 heterocycles. The Bertz CT molecular complexity index is 256. The summed E-state index contributed by atoms with van der Waals surface area (Å²) < 4.78 is 44.8. The van der Waals surface area contributed by atoms with Crippen LogP contribution in [0.15, 0.2) is 0 Å². The molecule has 0 saturated heterocycles. The summed E-state index contributed by atoms with van der Waals surface area (Å²) in [4.78, 5) is 11.5. The highest BCUT2D eigenvalue weighted by Gasteiger charge is 2.37. The summed E-state index contributed by atoms with van der Waals surface area (Å²) in [7, 11) is 1.17. The van der Waals surface area contributed by atoms with Crippen molar-refractivity contribution in [3.8, 4) is 0 Å². The molecule has 0 aliphatic rings. The van der Waals surface area contributed by atoms with E-state index in [-0.39, 0.29) is 6.04 Å². The van der Waals surface area contributed by atoms with Gasteiger partial charge in [-0.1, -0.05) is 0 Å². The van der Waals surface area contributed by atoms with E-state index in [9.17, 15) is 18.0 Å². The van der Waals surface area contributed by atoms with Crippen LogP contribution in [0.2, 0.25) is 0 Å². The fourth-order valence-corrected chi connectivity index (χ4v) is 1.39. The molecule has 1 unspecified atom stereocenters. The van der Waals surface area contributed by atoms with Crippen molar-refractivity contribution in [1.29, 1.82) is 0 Å². The average molecular weight is 257 g/mol. The standard InChI is InChI=1S/C10H18F3NO3/c1-7(2)14-9(3,8(15)16-4)5-17-6-10(11,12)13/h7,14H,5-6H2,1-4H3. The lowest BCUT2D eigenvalue weighted by Crippen LogP contribution is -2.56. The van der Waals surface area contributed by atoms with Gasteiger partial charge in [-0.25, -0.2) is 4.79 Å². The van der Waals surface area contributed by atoms with E-state index in [1.807, 2.05) is 0 Å². The number of ether oxygens (including phenoxy) is 2. The van der Waals surface area contributed by atoms with Gasteiger partial charge in [-0.05, 0) is 20.8 Å². The molecule has 102 valence electrons. The first-order valence-electron chi connectivity index (χ1n) is 5.11. The van der Waals surface area contributed by atoms with Gasteiger partial charge in [-0.15, -0.1) is 0 Å². The summed E-state index contributed by atoms with van der Waals surface area (Å²) in [6.45, 7) is 3.18. The summed E-state index contributed by atoms with van der Waals surface area (Å²) in [5.74, 6) is -0.659. The number of hydrogen-bond donors (Lipinski definition) is 1. The zero-order chi connectivity index (χ0) is 13.7. The molecular formula is C10H18F3NO3. The van der Waals surface area contributed by atoms with Crippen molar-refractivity contribution in [3.05, 3.63) is 0 Å². The fourth-order valence-electron chi connectivity index (χ4n) is 1.39. The lowest BCUT2D eigenvalue weighted by atomic mass is 10.0. The monoisotopic (exact) mass is 257 g/mol. The molecule has 0 saturated carbocycles. The van der Waals surface area contributed by atoms with Gasteiger partial charge in [0.05, 0.1) is 13.7 Å². The van der Waals surface area contributed by atoms with E-state index < -0.39 is 30.9 Å². The van der Waals surface area contributed by atoms with Crippen LogP contribution in [-0.4, -0.2) is 44.0 Å². The van der Waals surface area contributed by atoms with E-state index in [1.54, 1.807) is 13.8 Å². The predicted octanol–water partition coefficient (Wildman–Crippen LogP) is 1.49. The molecule has 0 aliphatic carbocycles. The van der Waals surface area contributed by atoms with E-state index in [2.05, 4.69) is 14.8 Å². The number of carbonyl (C=O) groups excluding carboxylic acids is 1. The van der Waals surface area contributed by atoms with Crippen LogP contribution < -0.4 is 5.32 Å². The van der Waals surface area contributed by atoms with Crippen molar-refractivity contribution >= 4 is 5.97 Å². The highest BCUT2D eigenvalue weighted by Crippen LogP contribution is 2.16. The third kappa shape index (κ3) is 6.48. The van der Waals surface area contributed by atoms with Crippen LogP contribution in [0.4, 0.5) is 13.2 Å².